The molecule has 4 amide bonds. The van der Waals surface area contributed by atoms with Crippen LogP contribution in [0, 0.1) is 34.3 Å². The molecule has 3 aliphatic heterocycles. The summed E-state index contributed by atoms with van der Waals surface area (Å²) in [4.78, 5) is 74.5. The van der Waals surface area contributed by atoms with Crippen molar-refractivity contribution in [2.75, 3.05) is 52.0 Å². The number of piperazine rings is 1. The van der Waals surface area contributed by atoms with Gasteiger partial charge in [0.1, 0.15) is 23.7 Å². The van der Waals surface area contributed by atoms with E-state index in [1.807, 2.05) is 10.6 Å². The Kier molecular flexibility index (Phi) is 17.8. The normalized spacial score (nSPS) is 18.4. The molecule has 3 aliphatic rings. The van der Waals surface area contributed by atoms with Gasteiger partial charge in [0.2, 0.25) is 11.9 Å². The number of nitrogens with zero attached hydrogens (tertiary/aromatic N) is 7. The summed E-state index contributed by atoms with van der Waals surface area (Å²) >= 11 is 0. The number of aromatic nitrogens is 4. The number of likely N-dealkylation sites (tertiary alicyclic amines) is 1. The minimum atomic E-state index is -5.19. The highest BCUT2D eigenvalue weighted by Gasteiger charge is 2.57. The fourth-order valence-corrected chi connectivity index (χ4v) is 9.08. The molecule has 4 aromatic rings. The molecule has 5 N–H and O–H groups in total. The summed E-state index contributed by atoms with van der Waals surface area (Å²) in [6.45, 7) is 3.45. The van der Waals surface area contributed by atoms with Gasteiger partial charge in [-0.25, -0.2) is 43.3 Å². The standard InChI is InChI=1S/C51H57F8N11O8/c1-48(2,50(54,55)56)40(65-46(74)76-5)43(72)64-38(16-29-11-8-28(9-12-29)10-13-30-20-62-45(63-21-30)70-23-32-19-33(70)22-69(32)34-26-78-27-34)39(71)25-68(67-44(73)41(66-47(75)77-6)49(3,4)51(57,58)59)24-35-36(52)17-31(18-37(35)53)42-60-14-7-15-61-42/h7-9,11-12,14-15,17-18,20-21,32-34,38-41,71H,16,19,22-27H2,1-6H3,(H,64,72)(H,65,74)(H,66,75)(H,67,73)/t32-,33-,38+,39+,40-,41-/m1/s1. The molecular weight excluding hydrogens is 1050 g/mol. The summed E-state index contributed by atoms with van der Waals surface area (Å²) in [6.07, 6.45) is -8.98. The number of halogens is 8. The van der Waals surface area contributed by atoms with Gasteiger partial charge in [0.05, 0.1) is 62.0 Å². The molecule has 3 saturated heterocycles. The van der Waals surface area contributed by atoms with E-state index in [1.165, 1.54) is 30.6 Å². The fraction of sp³-hybridized carbons (Fsp3) is 0.490. The maximum absolute atomic E-state index is 16.0. The molecule has 0 unspecified atom stereocenters. The van der Waals surface area contributed by atoms with Crippen LogP contribution in [-0.2, 0) is 36.8 Å². The van der Waals surface area contributed by atoms with Gasteiger partial charge in [0.15, 0.2) is 5.82 Å². The number of hydrogen-bond acceptors (Lipinski definition) is 15. The van der Waals surface area contributed by atoms with Gasteiger partial charge in [-0.05, 0) is 76.4 Å². The van der Waals surface area contributed by atoms with Crippen LogP contribution in [0.5, 0.6) is 0 Å². The Hall–Kier alpha value is -7.28. The lowest BCUT2D eigenvalue weighted by atomic mass is 9.82. The number of hydrazine groups is 1. The molecule has 19 nitrogen and oxygen atoms in total. The number of hydrogen-bond donors (Lipinski definition) is 5. The van der Waals surface area contributed by atoms with Crippen LogP contribution in [0.2, 0.25) is 0 Å². The van der Waals surface area contributed by atoms with Gasteiger partial charge < -0.3 is 40.2 Å². The van der Waals surface area contributed by atoms with Crippen molar-refractivity contribution in [2.24, 2.45) is 10.8 Å². The quantitative estimate of drug-likeness (QED) is 0.0512. The number of carbonyl (C=O) groups excluding carboxylic acids is 4. The van der Waals surface area contributed by atoms with E-state index in [2.05, 4.69) is 61.8 Å². The van der Waals surface area contributed by atoms with E-state index in [1.54, 1.807) is 24.5 Å². The van der Waals surface area contributed by atoms with E-state index in [9.17, 15) is 50.6 Å². The topological polar surface area (TPSA) is 226 Å². The van der Waals surface area contributed by atoms with Gasteiger partial charge in [-0.2, -0.15) is 26.3 Å². The number of nitrogens with one attached hydrogen (secondary N) is 4. The summed E-state index contributed by atoms with van der Waals surface area (Å²) in [5.74, 6) is 0.754. The van der Waals surface area contributed by atoms with Gasteiger partial charge in [-0.3, -0.25) is 19.9 Å². The monoisotopic (exact) mass is 1100 g/mol. The second-order valence-electron chi connectivity index (χ2n) is 20.1. The van der Waals surface area contributed by atoms with Crippen molar-refractivity contribution in [2.45, 2.75) is 102 Å². The summed E-state index contributed by atoms with van der Waals surface area (Å²) in [5, 5.41) is 18.6. The van der Waals surface area contributed by atoms with E-state index >= 15 is 8.78 Å². The van der Waals surface area contributed by atoms with Crippen LogP contribution in [0.4, 0.5) is 50.7 Å². The highest BCUT2D eigenvalue weighted by Crippen LogP contribution is 2.42. The average molecular weight is 1100 g/mol. The fourth-order valence-electron chi connectivity index (χ4n) is 9.08. The Bertz CT molecular complexity index is 2830. The number of amides is 4. The van der Waals surface area contributed by atoms with E-state index in [0.717, 1.165) is 59.1 Å². The molecule has 0 spiro atoms. The third-order valence-corrected chi connectivity index (χ3v) is 14.1. The summed E-state index contributed by atoms with van der Waals surface area (Å²) in [5.41, 5.74) is -3.71. The van der Waals surface area contributed by atoms with Crippen LogP contribution in [0.3, 0.4) is 0 Å². The summed E-state index contributed by atoms with van der Waals surface area (Å²) in [7, 11) is 1.65. The lowest BCUT2D eigenvalue weighted by Gasteiger charge is -2.42. The van der Waals surface area contributed by atoms with E-state index in [0.29, 0.717) is 67.4 Å². The molecule has 5 heterocycles. The second-order valence-corrected chi connectivity index (χ2v) is 20.1. The smallest absolute Gasteiger partial charge is 0.407 e. The number of ether oxygens (including phenoxy) is 3. The highest BCUT2D eigenvalue weighted by molar-refractivity contribution is 5.87. The van der Waals surface area contributed by atoms with Crippen LogP contribution in [-0.4, -0.2) is 161 Å². The molecule has 2 aromatic heterocycles. The third kappa shape index (κ3) is 13.3. The number of aliphatic hydroxyl groups excluding tert-OH is 1. The molecule has 420 valence electrons. The predicted molar refractivity (Wildman–Crippen MR) is 261 cm³/mol. The first-order valence-corrected chi connectivity index (χ1v) is 24.3. The van der Waals surface area contributed by atoms with Crippen molar-refractivity contribution in [1.82, 2.24) is 51.2 Å². The van der Waals surface area contributed by atoms with Crippen molar-refractivity contribution in [3.63, 3.8) is 0 Å². The SMILES string of the molecule is COC(=O)N[C@H](C(=O)N[C@@H](Cc1ccc(C#Cc2cnc(N3C[C@H]4C[C@@H]3CN4C3COC3)nc2)cc1)[C@@H](O)CN(Cc1c(F)cc(-c2ncccn2)cc1F)NC(=O)[C@@H](NC(=O)OC)C(C)(C)C(F)(F)F)C(C)(C)C(F)(F)F. The molecule has 27 heteroatoms. The average Bonchev–Trinajstić information content (AvgIpc) is 4.02. The van der Waals surface area contributed by atoms with E-state index in [-0.39, 0.29) is 17.4 Å². The number of alkyl carbamates (subject to hydrolysis) is 2. The summed E-state index contributed by atoms with van der Waals surface area (Å²) < 4.78 is 133. The lowest BCUT2D eigenvalue weighted by molar-refractivity contribution is -0.221. The molecule has 2 bridgehead atoms. The van der Waals surface area contributed by atoms with E-state index < -0.39 is 108 Å². The first kappa shape index (κ1) is 58.4. The zero-order valence-corrected chi connectivity index (χ0v) is 43.0. The molecule has 3 fully saturated rings. The minimum absolute atomic E-state index is 0.100. The number of aliphatic hydroxyl groups is 1. The maximum atomic E-state index is 16.0. The molecular formula is C51H57F8N11O8. The Morgan fingerprint density at radius 3 is 1.82 bits per heavy atom. The zero-order valence-electron chi connectivity index (χ0n) is 43.0. The number of benzene rings is 2. The molecule has 6 atom stereocenters. The predicted octanol–water partition coefficient (Wildman–Crippen LogP) is 4.82. The van der Waals surface area contributed by atoms with Gasteiger partial charge in [0, 0.05) is 79.7 Å². The van der Waals surface area contributed by atoms with Crippen molar-refractivity contribution in [3.8, 4) is 23.2 Å². The molecule has 78 heavy (non-hydrogen) atoms. The Labute approximate surface area is 442 Å². The third-order valence-electron chi connectivity index (χ3n) is 14.1. The van der Waals surface area contributed by atoms with E-state index in [4.69, 9.17) is 4.74 Å². The number of fused-ring (bicyclic) bond motifs is 2. The number of carbonyl (C=O) groups is 4. The van der Waals surface area contributed by atoms with Gasteiger partial charge in [-0.1, -0.05) is 24.0 Å². The number of alkyl halides is 6. The Morgan fingerprint density at radius 1 is 0.769 bits per heavy atom. The van der Waals surface area contributed by atoms with Crippen LogP contribution < -0.4 is 26.3 Å². The van der Waals surface area contributed by atoms with Crippen molar-refractivity contribution < 1.29 is 73.6 Å². The highest BCUT2D eigenvalue weighted by atomic mass is 19.4. The Balaban J connectivity index is 1.18. The summed E-state index contributed by atoms with van der Waals surface area (Å²) in [6, 6.07) is 3.67. The number of rotatable bonds is 18. The van der Waals surface area contributed by atoms with Gasteiger partial charge in [-0.15, -0.1) is 0 Å². The van der Waals surface area contributed by atoms with Crippen molar-refractivity contribution in [1.29, 1.82) is 0 Å². The molecule has 0 radical (unpaired) electrons. The Morgan fingerprint density at radius 2 is 1.32 bits per heavy atom. The zero-order chi connectivity index (χ0) is 56.9. The lowest BCUT2D eigenvalue weighted by Crippen LogP contribution is -2.63. The molecule has 7 rings (SSSR count). The van der Waals surface area contributed by atoms with Gasteiger partial charge in [0.25, 0.3) is 5.91 Å². The largest absolute Gasteiger partial charge is 0.453 e. The van der Waals surface area contributed by atoms with Crippen molar-refractivity contribution >= 4 is 29.9 Å². The second kappa shape index (κ2) is 23.8. The van der Waals surface area contributed by atoms with Crippen molar-refractivity contribution in [3.05, 3.63) is 101 Å². The van der Waals surface area contributed by atoms with Crippen LogP contribution in [0.15, 0.2) is 67.3 Å². The first-order valence-electron chi connectivity index (χ1n) is 24.3. The molecule has 0 saturated carbocycles. The molecule has 0 aliphatic carbocycles. The van der Waals surface area contributed by atoms with Gasteiger partial charge >= 0.3 is 24.5 Å². The van der Waals surface area contributed by atoms with Crippen LogP contribution in [0.1, 0.15) is 56.4 Å². The van der Waals surface area contributed by atoms with Crippen LogP contribution in [0.25, 0.3) is 11.4 Å². The van der Waals surface area contributed by atoms with Crippen LogP contribution >= 0.6 is 0 Å². The molecule has 2 aromatic carbocycles. The minimum Gasteiger partial charge on any atom is -0.453 e. The number of anilines is 1. The first-order chi connectivity index (χ1) is 36.7. The maximum Gasteiger partial charge on any atom is 0.407 e. The number of methoxy groups -OCH3 is 2.